The highest BCUT2D eigenvalue weighted by Crippen LogP contribution is 2.93. The number of nitrogens with zero attached hydrogens (tertiary/aromatic N) is 3. The summed E-state index contributed by atoms with van der Waals surface area (Å²) in [5.74, 6) is 4.69. The van der Waals surface area contributed by atoms with Gasteiger partial charge in [0.2, 0.25) is 17.7 Å². The molecule has 3 saturated heterocycles. The number of likely N-dealkylation sites (N-methyl/N-ethyl adjacent to an activating group) is 1. The molecule has 6 unspecified atom stereocenters. The predicted octanol–water partition coefficient (Wildman–Crippen LogP) is 17.0. The van der Waals surface area contributed by atoms with Crippen molar-refractivity contribution in [2.45, 2.75) is 398 Å². The van der Waals surface area contributed by atoms with Crippen molar-refractivity contribution in [1.29, 1.82) is 0 Å². The summed E-state index contributed by atoms with van der Waals surface area (Å²) in [5, 5.41) is 69.6. The SMILES string of the molecule is CC(=O)N(C)C[C@H]1C[C@@H](C)[C@H]2[C@H](O1)[C@H](O)[C@@]1(C)C3CCC4C(C)(C)[C@@H](O)CC[C@@]45C[C@@]35CC[C@]21C.CC(=O)N(C[C@H]1C[C@@H](C)[C@H]2[C@H](O1)[C@H](O)[C@@]1(C)C3CCC4C(C)(C)[C@@H](O)CC[C@@]45C[C@@]35CC[C@]21C)CC(F)(F)F.C[C@@H]1C[C@H](CN(C(=O)C(C)(C)C)C(C)(C)C)O[C@H]2[C@H]1[C@@]1(C)CC[C@@]34C[C@@]35CC[C@H](O)C(C)(C)C5CCC4[C@]1(C)[C@H]2O. The minimum absolute atomic E-state index is 0.000233. The average Bonchev–Trinajstić information content (AvgIpc) is 1.47. The number of rotatable bonds is 7. The highest BCUT2D eigenvalue weighted by atomic mass is 19.4. The second-order valence-corrected chi connectivity index (χ2v) is 49.7. The molecule has 0 radical (unpaired) electrons. The summed E-state index contributed by atoms with van der Waals surface area (Å²) in [6, 6.07) is 0. The molecular formula is C97H158F3N3O12. The third-order valence-electron chi connectivity index (χ3n) is 42.9. The Bertz CT molecular complexity index is 3800. The van der Waals surface area contributed by atoms with E-state index in [0.717, 1.165) is 75.5 Å². The molecule has 18 heteroatoms. The van der Waals surface area contributed by atoms with E-state index in [9.17, 15) is 58.2 Å². The van der Waals surface area contributed by atoms with Gasteiger partial charge in [0.15, 0.2) is 0 Å². The van der Waals surface area contributed by atoms with Gasteiger partial charge in [0, 0.05) is 67.7 Å². The second kappa shape index (κ2) is 26.7. The fourth-order valence-corrected chi connectivity index (χ4v) is 37.0. The van der Waals surface area contributed by atoms with Crippen LogP contribution in [0.5, 0.6) is 0 Å². The molecule has 15 aliphatic carbocycles. The monoisotopic (exact) mass is 1610 g/mol. The number of alkyl halides is 3. The van der Waals surface area contributed by atoms with Crippen LogP contribution in [-0.4, -0.2) is 181 Å². The summed E-state index contributed by atoms with van der Waals surface area (Å²) in [5.41, 5.74) is 0.306. The number of aliphatic hydroxyl groups excluding tert-OH is 6. The zero-order chi connectivity index (χ0) is 84.2. The van der Waals surface area contributed by atoms with E-state index in [4.69, 9.17) is 14.2 Å². The molecule has 18 fully saturated rings. The molecule has 18 aliphatic rings. The Labute approximate surface area is 690 Å². The van der Waals surface area contributed by atoms with Crippen molar-refractivity contribution >= 4 is 17.7 Å². The normalized spacial score (nSPS) is 54.2. The Morgan fingerprint density at radius 2 is 0.687 bits per heavy atom. The maximum atomic E-state index is 13.5. The Morgan fingerprint density at radius 3 is 0.965 bits per heavy atom. The van der Waals surface area contributed by atoms with E-state index >= 15 is 0 Å². The maximum Gasteiger partial charge on any atom is 0.406 e. The van der Waals surface area contributed by atoms with Crippen molar-refractivity contribution in [3.05, 3.63) is 0 Å². The molecule has 654 valence electrons. The fraction of sp³-hybridized carbons (Fsp3) is 0.969. The van der Waals surface area contributed by atoms with Crippen LogP contribution in [0.2, 0.25) is 0 Å². The highest BCUT2D eigenvalue weighted by Gasteiger charge is 2.89. The molecule has 3 aliphatic heterocycles. The van der Waals surface area contributed by atoms with Gasteiger partial charge in [-0.05, 0) is 311 Å². The zero-order valence-electron chi connectivity index (χ0n) is 75.8. The van der Waals surface area contributed by atoms with Gasteiger partial charge in [-0.2, -0.15) is 13.2 Å². The fourth-order valence-electron chi connectivity index (χ4n) is 37.0. The third kappa shape index (κ3) is 11.3. The van der Waals surface area contributed by atoms with Gasteiger partial charge in [-0.25, -0.2) is 0 Å². The van der Waals surface area contributed by atoms with E-state index < -0.39 is 54.6 Å². The summed E-state index contributed by atoms with van der Waals surface area (Å²) in [4.78, 5) is 42.1. The molecule has 36 atom stereocenters. The molecule has 0 aromatic heterocycles. The number of hydrogen-bond donors (Lipinski definition) is 6. The van der Waals surface area contributed by atoms with Gasteiger partial charge in [0.25, 0.3) is 0 Å². The number of aliphatic hydroxyl groups is 6. The van der Waals surface area contributed by atoms with Gasteiger partial charge in [-0.1, -0.05) is 125 Å². The number of carbonyl (C=O) groups is 3. The molecule has 15 nitrogen and oxygen atoms in total. The van der Waals surface area contributed by atoms with Crippen molar-refractivity contribution in [1.82, 2.24) is 14.7 Å². The van der Waals surface area contributed by atoms with Crippen molar-refractivity contribution in [2.24, 2.45) is 158 Å². The van der Waals surface area contributed by atoms with E-state index in [1.165, 1.54) is 84.0 Å². The van der Waals surface area contributed by atoms with Crippen molar-refractivity contribution in [2.75, 3.05) is 33.2 Å². The molecule has 6 spiro atoms. The summed E-state index contributed by atoms with van der Waals surface area (Å²) in [6.07, 6.45) is 18.3. The molecule has 3 amide bonds. The molecule has 18 rings (SSSR count). The molecule has 6 N–H and O–H groups in total. The first-order chi connectivity index (χ1) is 52.9. The number of ether oxygens (including phenoxy) is 3. The maximum absolute atomic E-state index is 13.5. The van der Waals surface area contributed by atoms with Crippen LogP contribution in [-0.2, 0) is 28.6 Å². The van der Waals surface area contributed by atoms with E-state index in [1.54, 1.807) is 11.8 Å². The van der Waals surface area contributed by atoms with E-state index in [2.05, 4.69) is 125 Å². The molecule has 15 saturated carbocycles. The lowest BCUT2D eigenvalue weighted by atomic mass is 9.41. The first-order valence-corrected chi connectivity index (χ1v) is 46.8. The molecule has 0 bridgehead atoms. The highest BCUT2D eigenvalue weighted by molar-refractivity contribution is 5.82. The standard InChI is InChI=1S/C36H61NO4.C31H48F3NO4.C30H49NO4/c1-21-18-22(19-37(31(5,6)7)29(40)30(2,3)4)41-27-26(21)33(10)16-17-36-20-35(36)15-14-25(38)32(8,9)23(35)12-13-24(36)34(33,11)28(27)39;1-17-13-19(14-35(18(2)36)16-31(32,33)34)39-24-23(17)27(5)11-12-30-15-29(30)10-9-22(37)26(3,4)20(29)7-8-21(30)28(27,6)25(24)38;1-17-14-19(15-31(7)18(2)32)35-24-23(17)27(5)12-13-30-16-29(30)11-10-22(33)26(3,4)20(29)8-9-21(30)28(27,6)25(24)34/h21-28,38-39H,12-20H2,1-11H3;17,19-25,37-38H,7-16H2,1-6H3;17,19-25,33-34H,8-16H2,1-7H3/t21-,22-,23?,24?,25+,26+,27+,28+,33-,34-,35-,36+;2*17-,19-,20?,21?,22+,23+,24+,25+,27-,28-,29-,30+/m111/s1. The Kier molecular flexibility index (Phi) is 20.1. The first kappa shape index (κ1) is 86.4. The predicted molar refractivity (Wildman–Crippen MR) is 439 cm³/mol. The van der Waals surface area contributed by atoms with Crippen LogP contribution in [0, 0.1) is 158 Å². The van der Waals surface area contributed by atoms with Crippen LogP contribution < -0.4 is 0 Å². The van der Waals surface area contributed by atoms with Crippen molar-refractivity contribution in [3.63, 3.8) is 0 Å². The van der Waals surface area contributed by atoms with Gasteiger partial charge >= 0.3 is 6.18 Å². The lowest BCUT2D eigenvalue weighted by Crippen LogP contribution is -2.59. The molecule has 0 aromatic carbocycles. The average molecular weight is 1620 g/mol. The topological polar surface area (TPSA) is 210 Å². The number of hydrogen-bond acceptors (Lipinski definition) is 12. The third-order valence-corrected chi connectivity index (χ3v) is 42.9. The minimum Gasteiger partial charge on any atom is -0.393 e. The Morgan fingerprint density at radius 1 is 0.400 bits per heavy atom. The van der Waals surface area contributed by atoms with E-state index in [0.29, 0.717) is 100 Å². The lowest BCUT2D eigenvalue weighted by molar-refractivity contribution is -0.183. The van der Waals surface area contributed by atoms with Gasteiger partial charge < -0.3 is 59.5 Å². The van der Waals surface area contributed by atoms with Crippen LogP contribution in [0.1, 0.15) is 313 Å². The summed E-state index contributed by atoms with van der Waals surface area (Å²) >= 11 is 0. The Balaban J connectivity index is 0.000000130. The van der Waals surface area contributed by atoms with Crippen molar-refractivity contribution < 1.29 is 72.4 Å². The number of carbonyl (C=O) groups excluding carboxylic acids is 3. The molecule has 0 aromatic rings. The van der Waals surface area contributed by atoms with Crippen LogP contribution in [0.3, 0.4) is 0 Å². The zero-order valence-corrected chi connectivity index (χ0v) is 75.8. The minimum atomic E-state index is -4.46. The summed E-state index contributed by atoms with van der Waals surface area (Å²) < 4.78 is 59.8. The van der Waals surface area contributed by atoms with E-state index in [1.807, 2.05) is 32.7 Å². The van der Waals surface area contributed by atoms with Crippen LogP contribution >= 0.6 is 0 Å². The van der Waals surface area contributed by atoms with Crippen molar-refractivity contribution in [3.8, 4) is 0 Å². The van der Waals surface area contributed by atoms with Gasteiger partial charge in [-0.3, -0.25) is 14.4 Å². The molecular weight excluding hydrogens is 1460 g/mol. The van der Waals surface area contributed by atoms with Crippen LogP contribution in [0.4, 0.5) is 13.2 Å². The van der Waals surface area contributed by atoms with Crippen LogP contribution in [0.15, 0.2) is 0 Å². The Hall–Kier alpha value is -2.16. The van der Waals surface area contributed by atoms with Gasteiger partial charge in [-0.15, -0.1) is 0 Å². The van der Waals surface area contributed by atoms with Gasteiger partial charge in [0.1, 0.15) is 6.54 Å². The van der Waals surface area contributed by atoms with Crippen LogP contribution in [0.25, 0.3) is 0 Å². The quantitative estimate of drug-likeness (QED) is 0.141. The van der Waals surface area contributed by atoms with Gasteiger partial charge in [0.05, 0.1) is 73.2 Å². The first-order valence-electron chi connectivity index (χ1n) is 46.8. The smallest absolute Gasteiger partial charge is 0.393 e. The summed E-state index contributed by atoms with van der Waals surface area (Å²) in [6.45, 7) is 50.3. The largest absolute Gasteiger partial charge is 0.406 e. The number of amides is 3. The molecule has 115 heavy (non-hydrogen) atoms. The second-order valence-electron chi connectivity index (χ2n) is 49.7. The molecule has 3 heterocycles. The number of fused-ring (bicyclic) bond motifs is 12. The number of halogens is 3. The lowest BCUT2D eigenvalue weighted by Gasteiger charge is -2.63. The summed E-state index contributed by atoms with van der Waals surface area (Å²) in [7, 11) is 1.85. The van der Waals surface area contributed by atoms with E-state index in [-0.39, 0.29) is 138 Å².